The lowest BCUT2D eigenvalue weighted by atomic mass is 10.1. The molecular weight excluding hydrogens is 526 g/mol. The van der Waals surface area contributed by atoms with Gasteiger partial charge in [0, 0.05) is 22.1 Å². The van der Waals surface area contributed by atoms with Crippen LogP contribution in [-0.4, -0.2) is 16.9 Å². The van der Waals surface area contributed by atoms with Gasteiger partial charge in [0.2, 0.25) is 0 Å². The maximum Gasteiger partial charge on any atom is 0.418 e. The van der Waals surface area contributed by atoms with Crippen molar-refractivity contribution in [2.24, 2.45) is 0 Å². The summed E-state index contributed by atoms with van der Waals surface area (Å²) < 4.78 is 41.4. The Morgan fingerprint density at radius 3 is 2.15 bits per heavy atom. The van der Waals surface area contributed by atoms with Crippen LogP contribution in [-0.2, 0) is 6.18 Å². The van der Waals surface area contributed by atoms with Crippen molar-refractivity contribution < 1.29 is 23.0 Å². The van der Waals surface area contributed by atoms with Gasteiger partial charge in [0.15, 0.2) is 0 Å². The number of non-ortho nitro benzene ring substituents is 1. The lowest BCUT2D eigenvalue weighted by molar-refractivity contribution is -0.394. The van der Waals surface area contributed by atoms with Crippen LogP contribution in [0.1, 0.15) is 5.56 Å². The molecule has 2 aromatic rings. The molecular formula is C14H7Br2ClF3N3O4. The zero-order chi connectivity index (χ0) is 20.7. The summed E-state index contributed by atoms with van der Waals surface area (Å²) in [5, 5.41) is 22.3. The quantitative estimate of drug-likeness (QED) is 0.255. The molecule has 0 aromatic heterocycles. The molecule has 0 fully saturated rings. The van der Waals surface area contributed by atoms with Crippen molar-refractivity contribution in [3.8, 4) is 0 Å². The van der Waals surface area contributed by atoms with Crippen molar-refractivity contribution in [1.29, 1.82) is 0 Å². The van der Waals surface area contributed by atoms with Crippen molar-refractivity contribution >= 4 is 66.2 Å². The van der Waals surface area contributed by atoms with Crippen LogP contribution >= 0.6 is 43.5 Å². The van der Waals surface area contributed by atoms with E-state index in [9.17, 15) is 33.4 Å². The fourth-order valence-electron chi connectivity index (χ4n) is 2.32. The van der Waals surface area contributed by atoms with Crippen molar-refractivity contribution in [1.82, 2.24) is 0 Å². The number of rotatable bonds is 4. The van der Waals surface area contributed by atoms with Crippen molar-refractivity contribution in [2.45, 2.75) is 6.18 Å². The summed E-state index contributed by atoms with van der Waals surface area (Å²) in [5.74, 6) is 0. The molecule has 2 rings (SSSR count). The molecule has 0 bridgehead atoms. The van der Waals surface area contributed by atoms with E-state index in [1.54, 1.807) is 0 Å². The average molecular weight is 533 g/mol. The van der Waals surface area contributed by atoms with Gasteiger partial charge in [-0.05, 0) is 28.1 Å². The molecule has 0 aliphatic carbocycles. The molecule has 0 amide bonds. The van der Waals surface area contributed by atoms with Gasteiger partial charge in [-0.25, -0.2) is 0 Å². The first-order valence-electron chi connectivity index (χ1n) is 6.77. The summed E-state index contributed by atoms with van der Waals surface area (Å²) in [6, 6.07) is 3.62. The van der Waals surface area contributed by atoms with E-state index in [1.807, 2.05) is 0 Å². The van der Waals surface area contributed by atoms with Gasteiger partial charge in [-0.1, -0.05) is 27.5 Å². The normalized spacial score (nSPS) is 11.4. The largest absolute Gasteiger partial charge is 0.418 e. The third-order valence-electron chi connectivity index (χ3n) is 3.46. The summed E-state index contributed by atoms with van der Waals surface area (Å²) >= 11 is 12.4. The number of nitro groups is 2. The number of nitrogens with zero attached hydrogens (tertiary/aromatic N) is 3. The zero-order valence-corrected chi connectivity index (χ0v) is 17.0. The standard InChI is InChI=1S/C14H7Br2ClF3N3O4/c1-21(10-3-6(15)2-9(16)12(10)17)13-8(14(18,19)20)4-7(22(24)25)5-11(13)23(26)27/h2-5H,1H3. The predicted molar refractivity (Wildman–Crippen MR) is 99.7 cm³/mol. The molecule has 0 radical (unpaired) electrons. The molecule has 2 aromatic carbocycles. The van der Waals surface area contributed by atoms with E-state index in [1.165, 1.54) is 12.1 Å². The Morgan fingerprint density at radius 2 is 1.67 bits per heavy atom. The lowest BCUT2D eigenvalue weighted by Gasteiger charge is -2.24. The molecule has 0 saturated heterocycles. The second-order valence-electron chi connectivity index (χ2n) is 5.15. The molecule has 0 N–H and O–H groups in total. The Kier molecular flexibility index (Phi) is 6.02. The Bertz CT molecular complexity index is 956. The summed E-state index contributed by atoms with van der Waals surface area (Å²) in [6.45, 7) is 0. The first kappa shape index (κ1) is 21.4. The van der Waals surface area contributed by atoms with E-state index in [-0.39, 0.29) is 16.8 Å². The van der Waals surface area contributed by atoms with Gasteiger partial charge in [-0.3, -0.25) is 20.2 Å². The Balaban J connectivity index is 2.89. The van der Waals surface area contributed by atoms with E-state index < -0.39 is 38.6 Å². The van der Waals surface area contributed by atoms with Gasteiger partial charge in [0.25, 0.3) is 11.4 Å². The van der Waals surface area contributed by atoms with Gasteiger partial charge >= 0.3 is 6.18 Å². The SMILES string of the molecule is CN(c1cc(Br)cc(Br)c1Cl)c1c([N+](=O)[O-])cc([N+](=O)[O-])cc1C(F)(F)F. The van der Waals surface area contributed by atoms with Gasteiger partial charge in [-0.15, -0.1) is 0 Å². The molecule has 7 nitrogen and oxygen atoms in total. The highest BCUT2D eigenvalue weighted by Gasteiger charge is 2.41. The number of benzene rings is 2. The summed E-state index contributed by atoms with van der Waals surface area (Å²) in [7, 11) is 1.14. The molecule has 0 spiro atoms. The molecule has 0 unspecified atom stereocenters. The first-order chi connectivity index (χ1) is 12.3. The van der Waals surface area contributed by atoms with E-state index in [0.717, 1.165) is 11.9 Å². The van der Waals surface area contributed by atoms with E-state index >= 15 is 0 Å². The number of anilines is 2. The maximum absolute atomic E-state index is 13.5. The van der Waals surface area contributed by atoms with Crippen molar-refractivity contribution in [2.75, 3.05) is 11.9 Å². The summed E-state index contributed by atoms with van der Waals surface area (Å²) in [5.41, 5.74) is -4.51. The van der Waals surface area contributed by atoms with Gasteiger partial charge < -0.3 is 4.90 Å². The third kappa shape index (κ3) is 4.33. The number of nitro benzene ring substituents is 2. The number of alkyl halides is 3. The van der Waals surface area contributed by atoms with Gasteiger partial charge in [-0.2, -0.15) is 13.2 Å². The topological polar surface area (TPSA) is 89.5 Å². The second kappa shape index (κ2) is 7.60. The molecule has 27 heavy (non-hydrogen) atoms. The van der Waals surface area contributed by atoms with Crippen LogP contribution in [0, 0.1) is 20.2 Å². The predicted octanol–water partition coefficient (Wildman–Crippen LogP) is 6.47. The third-order valence-corrected chi connectivity index (χ3v) is 5.17. The number of hydrogen-bond acceptors (Lipinski definition) is 5. The van der Waals surface area contributed by atoms with Crippen LogP contribution in [0.4, 0.5) is 35.9 Å². The second-order valence-corrected chi connectivity index (χ2v) is 7.30. The zero-order valence-electron chi connectivity index (χ0n) is 13.1. The van der Waals surface area contributed by atoms with Gasteiger partial charge in [0.1, 0.15) is 5.69 Å². The molecule has 0 heterocycles. The fraction of sp³-hybridized carbons (Fsp3) is 0.143. The monoisotopic (exact) mass is 531 g/mol. The summed E-state index contributed by atoms with van der Waals surface area (Å²) in [6.07, 6.45) is -5.09. The van der Waals surface area contributed by atoms with Crippen LogP contribution in [0.25, 0.3) is 0 Å². The number of hydrogen-bond donors (Lipinski definition) is 0. The minimum Gasteiger partial charge on any atom is -0.337 e. The fourth-order valence-corrected chi connectivity index (χ4v) is 3.76. The highest BCUT2D eigenvalue weighted by atomic mass is 79.9. The van der Waals surface area contributed by atoms with E-state index in [0.29, 0.717) is 15.0 Å². The molecule has 13 heteroatoms. The number of halogens is 6. The Hall–Kier alpha value is -1.92. The average Bonchev–Trinajstić information content (AvgIpc) is 2.55. The molecule has 144 valence electrons. The Morgan fingerprint density at radius 1 is 1.07 bits per heavy atom. The smallest absolute Gasteiger partial charge is 0.337 e. The van der Waals surface area contributed by atoms with Crippen molar-refractivity contribution in [3.63, 3.8) is 0 Å². The highest BCUT2D eigenvalue weighted by molar-refractivity contribution is 9.11. The summed E-state index contributed by atoms with van der Waals surface area (Å²) in [4.78, 5) is 20.9. The van der Waals surface area contributed by atoms with Crippen LogP contribution < -0.4 is 4.90 Å². The molecule has 0 atom stereocenters. The first-order valence-corrected chi connectivity index (χ1v) is 8.73. The van der Waals surface area contributed by atoms with Crippen LogP contribution in [0.5, 0.6) is 0 Å². The lowest BCUT2D eigenvalue weighted by Crippen LogP contribution is -2.19. The van der Waals surface area contributed by atoms with Crippen LogP contribution in [0.15, 0.2) is 33.2 Å². The minimum absolute atomic E-state index is 0.00137. The molecule has 0 saturated carbocycles. The van der Waals surface area contributed by atoms with E-state index in [2.05, 4.69) is 31.9 Å². The molecule has 0 aliphatic heterocycles. The van der Waals surface area contributed by atoms with Gasteiger partial charge in [0.05, 0.1) is 32.2 Å². The highest BCUT2D eigenvalue weighted by Crippen LogP contribution is 2.48. The maximum atomic E-state index is 13.5. The molecule has 0 aliphatic rings. The van der Waals surface area contributed by atoms with Crippen molar-refractivity contribution in [3.05, 3.63) is 64.0 Å². The minimum atomic E-state index is -5.09. The van der Waals surface area contributed by atoms with E-state index in [4.69, 9.17) is 11.6 Å². The van der Waals surface area contributed by atoms with Crippen LogP contribution in [0.2, 0.25) is 5.02 Å². The Labute approximate surface area is 171 Å². The van der Waals surface area contributed by atoms with Crippen LogP contribution in [0.3, 0.4) is 0 Å².